The third kappa shape index (κ3) is 4.13. The average molecular weight is 218 g/mol. The molecule has 0 fully saturated rings. The van der Waals surface area contributed by atoms with Crippen LogP contribution in [-0.4, -0.2) is 11.7 Å². The van der Waals surface area contributed by atoms with Crippen LogP contribution in [-0.2, 0) is 0 Å². The van der Waals surface area contributed by atoms with Gasteiger partial charge < -0.3 is 11.5 Å². The van der Waals surface area contributed by atoms with Gasteiger partial charge in [0, 0.05) is 0 Å². The highest BCUT2D eigenvalue weighted by atomic mass is 15.3. The van der Waals surface area contributed by atoms with Crippen LogP contribution in [0.15, 0.2) is 40.5 Å². The predicted molar refractivity (Wildman–Crippen MR) is 68.2 cm³/mol. The number of guanidine groups is 1. The van der Waals surface area contributed by atoms with Crippen LogP contribution in [0.4, 0.5) is 0 Å². The first kappa shape index (κ1) is 12.2. The number of hydrogen-bond donors (Lipinski definition) is 2. The maximum absolute atomic E-state index is 5.27. The van der Waals surface area contributed by atoms with Crippen molar-refractivity contribution in [3.05, 3.63) is 35.9 Å². The van der Waals surface area contributed by atoms with E-state index >= 15 is 0 Å². The van der Waals surface area contributed by atoms with E-state index in [0.29, 0.717) is 5.92 Å². The number of nitrogens with two attached hydrogens (primary N) is 2. The normalized spacial score (nSPS) is 11.6. The van der Waals surface area contributed by atoms with Gasteiger partial charge in [0.1, 0.15) is 0 Å². The molecule has 0 aliphatic rings. The summed E-state index contributed by atoms with van der Waals surface area (Å²) >= 11 is 0. The Morgan fingerprint density at radius 2 is 1.75 bits per heavy atom. The predicted octanol–water partition coefficient (Wildman–Crippen LogP) is 1.71. The second kappa shape index (κ2) is 5.90. The maximum atomic E-state index is 5.27. The van der Waals surface area contributed by atoms with Gasteiger partial charge in [-0.2, -0.15) is 5.10 Å². The highest BCUT2D eigenvalue weighted by Crippen LogP contribution is 2.10. The summed E-state index contributed by atoms with van der Waals surface area (Å²) in [5.74, 6) is 0.491. The molecule has 1 aromatic carbocycles. The van der Waals surface area contributed by atoms with Gasteiger partial charge in [-0.05, 0) is 17.9 Å². The van der Waals surface area contributed by atoms with E-state index in [-0.39, 0.29) is 5.96 Å². The van der Waals surface area contributed by atoms with E-state index < -0.39 is 0 Å². The van der Waals surface area contributed by atoms with Gasteiger partial charge in [-0.15, -0.1) is 5.10 Å². The molecule has 0 radical (unpaired) electrons. The third-order valence-corrected chi connectivity index (χ3v) is 1.99. The molecule has 1 aromatic rings. The first-order valence-electron chi connectivity index (χ1n) is 5.30. The van der Waals surface area contributed by atoms with E-state index in [1.54, 1.807) is 0 Å². The molecule has 1 rings (SSSR count). The standard InChI is InChI=1S/C12H18N4/c1-9(2)8-11(15-16-12(13)14)10-6-4-3-5-7-10/h3-7,9H,8H2,1-2H3,(H4,13,14,16)/b15-11-. The molecule has 0 aromatic heterocycles. The van der Waals surface area contributed by atoms with Crippen molar-refractivity contribution in [3.63, 3.8) is 0 Å². The van der Waals surface area contributed by atoms with E-state index in [1.165, 1.54) is 0 Å². The minimum absolute atomic E-state index is 0.0165. The molecular formula is C12H18N4. The van der Waals surface area contributed by atoms with Crippen LogP contribution < -0.4 is 11.5 Å². The summed E-state index contributed by atoms with van der Waals surface area (Å²) in [5, 5.41) is 7.80. The first-order chi connectivity index (χ1) is 7.59. The van der Waals surface area contributed by atoms with Gasteiger partial charge in [-0.3, -0.25) is 0 Å². The topological polar surface area (TPSA) is 76.8 Å². The van der Waals surface area contributed by atoms with Crippen LogP contribution in [0.2, 0.25) is 0 Å². The summed E-state index contributed by atoms with van der Waals surface area (Å²) in [6.07, 6.45) is 0.848. The lowest BCUT2D eigenvalue weighted by atomic mass is 10.0. The molecule has 0 unspecified atom stereocenters. The fourth-order valence-corrected chi connectivity index (χ4v) is 1.35. The maximum Gasteiger partial charge on any atom is 0.211 e. The van der Waals surface area contributed by atoms with Crippen LogP contribution in [0.1, 0.15) is 25.8 Å². The van der Waals surface area contributed by atoms with Crippen molar-refractivity contribution in [3.8, 4) is 0 Å². The van der Waals surface area contributed by atoms with Crippen LogP contribution >= 0.6 is 0 Å². The fraction of sp³-hybridized carbons (Fsp3) is 0.333. The van der Waals surface area contributed by atoms with Crippen LogP contribution in [0.25, 0.3) is 0 Å². The molecule has 0 aliphatic carbocycles. The summed E-state index contributed by atoms with van der Waals surface area (Å²) in [5.41, 5.74) is 12.5. The number of rotatable bonds is 4. The summed E-state index contributed by atoms with van der Waals surface area (Å²) in [4.78, 5) is 0. The second-order valence-corrected chi connectivity index (χ2v) is 4.04. The fourth-order valence-electron chi connectivity index (χ4n) is 1.35. The SMILES string of the molecule is CC(C)C/C(=N/N=C(N)N)c1ccccc1. The van der Waals surface area contributed by atoms with Gasteiger partial charge in [0.15, 0.2) is 0 Å². The van der Waals surface area contributed by atoms with E-state index in [1.807, 2.05) is 30.3 Å². The zero-order valence-electron chi connectivity index (χ0n) is 9.72. The first-order valence-corrected chi connectivity index (χ1v) is 5.30. The molecule has 0 aliphatic heterocycles. The Bertz CT molecular complexity index is 375. The van der Waals surface area contributed by atoms with E-state index in [4.69, 9.17) is 11.5 Å². The zero-order chi connectivity index (χ0) is 12.0. The smallest absolute Gasteiger partial charge is 0.211 e. The molecule has 0 saturated carbocycles. The Balaban J connectivity index is 2.97. The lowest BCUT2D eigenvalue weighted by molar-refractivity contribution is 0.683. The van der Waals surface area contributed by atoms with Gasteiger partial charge in [0.25, 0.3) is 0 Å². The van der Waals surface area contributed by atoms with Crippen molar-refractivity contribution in [1.29, 1.82) is 0 Å². The van der Waals surface area contributed by atoms with Crippen LogP contribution in [0, 0.1) is 5.92 Å². The van der Waals surface area contributed by atoms with Gasteiger partial charge >= 0.3 is 0 Å². The van der Waals surface area contributed by atoms with Gasteiger partial charge in [0.2, 0.25) is 5.96 Å². The average Bonchev–Trinajstić information content (AvgIpc) is 2.25. The molecule has 0 heterocycles. The largest absolute Gasteiger partial charge is 0.369 e. The minimum Gasteiger partial charge on any atom is -0.369 e. The molecule has 4 nitrogen and oxygen atoms in total. The molecule has 0 amide bonds. The molecule has 4 N–H and O–H groups in total. The van der Waals surface area contributed by atoms with Crippen LogP contribution in [0.3, 0.4) is 0 Å². The molecular weight excluding hydrogens is 200 g/mol. The third-order valence-electron chi connectivity index (χ3n) is 1.99. The minimum atomic E-state index is -0.0165. The second-order valence-electron chi connectivity index (χ2n) is 4.04. The van der Waals surface area contributed by atoms with Crippen molar-refractivity contribution in [2.24, 2.45) is 27.6 Å². The van der Waals surface area contributed by atoms with Crippen molar-refractivity contribution in [2.45, 2.75) is 20.3 Å². The Kier molecular flexibility index (Phi) is 4.51. The molecule has 16 heavy (non-hydrogen) atoms. The lowest BCUT2D eigenvalue weighted by Gasteiger charge is -2.07. The van der Waals surface area contributed by atoms with Gasteiger partial charge in [0.05, 0.1) is 5.71 Å². The van der Waals surface area contributed by atoms with Gasteiger partial charge in [-0.1, -0.05) is 44.2 Å². The summed E-state index contributed by atoms with van der Waals surface area (Å²) in [7, 11) is 0. The Labute approximate surface area is 96.1 Å². The summed E-state index contributed by atoms with van der Waals surface area (Å²) < 4.78 is 0. The molecule has 0 bridgehead atoms. The quantitative estimate of drug-likeness (QED) is 0.458. The number of hydrogen-bond acceptors (Lipinski definition) is 2. The highest BCUT2D eigenvalue weighted by molar-refractivity contribution is 6.00. The van der Waals surface area contributed by atoms with E-state index in [0.717, 1.165) is 17.7 Å². The lowest BCUT2D eigenvalue weighted by Crippen LogP contribution is -2.22. The van der Waals surface area contributed by atoms with E-state index in [9.17, 15) is 0 Å². The molecule has 0 spiro atoms. The Hall–Kier alpha value is -1.84. The monoisotopic (exact) mass is 218 g/mol. The highest BCUT2D eigenvalue weighted by Gasteiger charge is 2.05. The summed E-state index contributed by atoms with van der Waals surface area (Å²) in [6.45, 7) is 4.27. The number of benzene rings is 1. The van der Waals surface area contributed by atoms with Crippen molar-refractivity contribution >= 4 is 11.7 Å². The number of nitrogens with zero attached hydrogens (tertiary/aromatic N) is 2. The van der Waals surface area contributed by atoms with Crippen LogP contribution in [0.5, 0.6) is 0 Å². The molecule has 0 atom stereocenters. The summed E-state index contributed by atoms with van der Waals surface area (Å²) in [6, 6.07) is 9.92. The molecule has 0 saturated heterocycles. The zero-order valence-corrected chi connectivity index (χ0v) is 9.72. The van der Waals surface area contributed by atoms with Crippen molar-refractivity contribution < 1.29 is 0 Å². The molecule has 4 heteroatoms. The van der Waals surface area contributed by atoms with E-state index in [2.05, 4.69) is 24.1 Å². The van der Waals surface area contributed by atoms with Gasteiger partial charge in [-0.25, -0.2) is 0 Å². The Morgan fingerprint density at radius 1 is 1.12 bits per heavy atom. The molecule has 86 valence electrons. The van der Waals surface area contributed by atoms with Crippen molar-refractivity contribution in [2.75, 3.05) is 0 Å². The Morgan fingerprint density at radius 3 is 2.25 bits per heavy atom. The van der Waals surface area contributed by atoms with Crippen molar-refractivity contribution in [1.82, 2.24) is 0 Å².